The molecule has 0 unspecified atom stereocenters. The van der Waals surface area contributed by atoms with Gasteiger partial charge in [-0.1, -0.05) is 0 Å². The molecular weight excluding hydrogens is 234 g/mol. The normalized spacial score (nSPS) is 9.88. The van der Waals surface area contributed by atoms with E-state index < -0.39 is 36.4 Å². The smallest absolute Gasteiger partial charge is 0.339 e. The first-order valence-corrected chi connectivity index (χ1v) is 4.34. The topological polar surface area (TPSA) is 134 Å². The second kappa shape index (κ2) is 7.58. The van der Waals surface area contributed by atoms with Gasteiger partial charge in [0.15, 0.2) is 5.60 Å². The van der Waals surface area contributed by atoms with Crippen LogP contribution in [-0.2, 0) is 28.6 Å². The Morgan fingerprint density at radius 2 is 1.29 bits per heavy atom. The molecule has 0 aromatic carbocycles. The van der Waals surface area contributed by atoms with Gasteiger partial charge in [0.1, 0.15) is 0 Å². The molecule has 0 aliphatic rings. The van der Waals surface area contributed by atoms with Crippen LogP contribution in [-0.4, -0.2) is 49.9 Å². The second-order valence-corrected chi connectivity index (χ2v) is 3.03. The van der Waals surface area contributed by atoms with E-state index in [4.69, 9.17) is 0 Å². The summed E-state index contributed by atoms with van der Waals surface area (Å²) in [5.74, 6) is -2.77. The first kappa shape index (κ1) is 17.7. The minimum Gasteiger partial charge on any atom is -0.469 e. The molecule has 0 heterocycles. The van der Waals surface area contributed by atoms with Crippen LogP contribution in [0.4, 0.5) is 0 Å². The molecule has 0 atom stereocenters. The van der Waals surface area contributed by atoms with Crippen LogP contribution in [0.5, 0.6) is 0 Å². The van der Waals surface area contributed by atoms with Gasteiger partial charge in [-0.2, -0.15) is 0 Å². The first-order valence-electron chi connectivity index (χ1n) is 4.34. The van der Waals surface area contributed by atoms with E-state index >= 15 is 0 Å². The maximum absolute atomic E-state index is 11.2. The molecule has 8 nitrogen and oxygen atoms in total. The Balaban J connectivity index is 0. The number of aliphatic hydroxyl groups is 1. The van der Waals surface area contributed by atoms with Crippen LogP contribution in [0.2, 0.25) is 0 Å². The average Bonchev–Trinajstić information content (AvgIpc) is 2.27. The number of carbonyl (C=O) groups is 3. The first-order chi connectivity index (χ1) is 7.39. The Hall–Kier alpha value is -1.67. The minimum atomic E-state index is -2.26. The largest absolute Gasteiger partial charge is 0.469 e. The summed E-state index contributed by atoms with van der Waals surface area (Å²) in [5, 5.41) is 9.81. The van der Waals surface area contributed by atoms with Crippen molar-refractivity contribution in [1.29, 1.82) is 0 Å². The highest BCUT2D eigenvalue weighted by atomic mass is 16.6. The third-order valence-corrected chi connectivity index (χ3v) is 1.89. The number of ether oxygens (including phenoxy) is 3. The lowest BCUT2D eigenvalue weighted by Gasteiger charge is -2.22. The Morgan fingerprint density at radius 1 is 0.941 bits per heavy atom. The molecular formula is C9H17NO7. The van der Waals surface area contributed by atoms with Crippen LogP contribution in [0.1, 0.15) is 12.8 Å². The van der Waals surface area contributed by atoms with Crippen LogP contribution in [0, 0.1) is 0 Å². The maximum Gasteiger partial charge on any atom is 0.339 e. The van der Waals surface area contributed by atoms with E-state index in [0.717, 1.165) is 21.3 Å². The van der Waals surface area contributed by atoms with Crippen molar-refractivity contribution < 1.29 is 33.7 Å². The molecule has 0 spiro atoms. The highest BCUT2D eigenvalue weighted by Gasteiger charge is 2.42. The Morgan fingerprint density at radius 3 is 1.53 bits per heavy atom. The summed E-state index contributed by atoms with van der Waals surface area (Å²) >= 11 is 0. The lowest BCUT2D eigenvalue weighted by molar-refractivity contribution is -0.174. The summed E-state index contributed by atoms with van der Waals surface area (Å²) in [4.78, 5) is 33.2. The molecule has 0 radical (unpaired) electrons. The zero-order valence-corrected chi connectivity index (χ0v) is 10.0. The van der Waals surface area contributed by atoms with Crippen LogP contribution < -0.4 is 6.15 Å². The van der Waals surface area contributed by atoms with Crippen molar-refractivity contribution in [1.82, 2.24) is 6.15 Å². The molecule has 17 heavy (non-hydrogen) atoms. The van der Waals surface area contributed by atoms with Gasteiger partial charge in [-0.25, -0.2) is 4.79 Å². The van der Waals surface area contributed by atoms with E-state index in [1.807, 2.05) is 0 Å². The standard InChI is InChI=1S/C9H14O7.H3N/c1-14-6(10)4-9(13,8(12)16-3)5-7(11)15-2;/h13H,4-5H2,1-3H3;1H3. The number of methoxy groups -OCH3 is 3. The molecule has 0 saturated heterocycles. The van der Waals surface area contributed by atoms with E-state index in [0.29, 0.717) is 0 Å². The Bertz CT molecular complexity index is 271. The fourth-order valence-corrected chi connectivity index (χ4v) is 1.02. The van der Waals surface area contributed by atoms with Crippen LogP contribution in [0.15, 0.2) is 0 Å². The van der Waals surface area contributed by atoms with E-state index in [-0.39, 0.29) is 6.15 Å². The molecule has 4 N–H and O–H groups in total. The molecule has 100 valence electrons. The quantitative estimate of drug-likeness (QED) is 0.478. The van der Waals surface area contributed by atoms with E-state index in [2.05, 4.69) is 14.2 Å². The van der Waals surface area contributed by atoms with Crippen molar-refractivity contribution in [2.24, 2.45) is 0 Å². The van der Waals surface area contributed by atoms with Gasteiger partial charge in [0, 0.05) is 0 Å². The molecule has 0 aromatic rings. The monoisotopic (exact) mass is 251 g/mol. The third kappa shape index (κ3) is 5.27. The highest BCUT2D eigenvalue weighted by Crippen LogP contribution is 2.18. The van der Waals surface area contributed by atoms with Gasteiger partial charge in [-0.15, -0.1) is 0 Å². The molecule has 0 saturated carbocycles. The van der Waals surface area contributed by atoms with Gasteiger partial charge in [-0.3, -0.25) is 9.59 Å². The molecule has 0 amide bonds. The van der Waals surface area contributed by atoms with Crippen molar-refractivity contribution in [3.05, 3.63) is 0 Å². The highest BCUT2D eigenvalue weighted by molar-refractivity contribution is 5.89. The van der Waals surface area contributed by atoms with Crippen molar-refractivity contribution in [3.8, 4) is 0 Å². The summed E-state index contributed by atoms with van der Waals surface area (Å²) in [5.41, 5.74) is -2.26. The van der Waals surface area contributed by atoms with Crippen molar-refractivity contribution in [2.75, 3.05) is 21.3 Å². The predicted molar refractivity (Wildman–Crippen MR) is 55.3 cm³/mol. The van der Waals surface area contributed by atoms with Crippen molar-refractivity contribution in [3.63, 3.8) is 0 Å². The molecule has 0 aliphatic heterocycles. The summed E-state index contributed by atoms with van der Waals surface area (Å²) < 4.78 is 12.9. The van der Waals surface area contributed by atoms with E-state index in [9.17, 15) is 19.5 Å². The van der Waals surface area contributed by atoms with Gasteiger partial charge in [0.2, 0.25) is 0 Å². The molecule has 0 bridgehead atoms. The average molecular weight is 251 g/mol. The zero-order chi connectivity index (χ0) is 12.8. The lowest BCUT2D eigenvalue weighted by atomic mass is 9.96. The molecule has 0 fully saturated rings. The summed E-state index contributed by atoms with van der Waals surface area (Å²) in [6.07, 6.45) is -1.35. The second-order valence-electron chi connectivity index (χ2n) is 3.03. The number of hydrogen-bond acceptors (Lipinski definition) is 8. The minimum absolute atomic E-state index is 0. The number of hydrogen-bond donors (Lipinski definition) is 2. The van der Waals surface area contributed by atoms with E-state index in [1.165, 1.54) is 0 Å². The molecule has 0 aromatic heterocycles. The van der Waals surface area contributed by atoms with E-state index in [1.54, 1.807) is 0 Å². The predicted octanol–water partition coefficient (Wildman–Crippen LogP) is -0.821. The number of rotatable bonds is 5. The Kier molecular flexibility index (Phi) is 7.90. The third-order valence-electron chi connectivity index (χ3n) is 1.89. The SMILES string of the molecule is COC(=O)CC(O)(CC(=O)OC)C(=O)OC.N. The van der Waals surface area contributed by atoms with Gasteiger partial charge in [-0.05, 0) is 0 Å². The lowest BCUT2D eigenvalue weighted by Crippen LogP contribution is -2.44. The fraction of sp³-hybridized carbons (Fsp3) is 0.667. The number of carbonyl (C=O) groups excluding carboxylic acids is 3. The summed E-state index contributed by atoms with van der Waals surface area (Å²) in [7, 11) is 3.22. The van der Waals surface area contributed by atoms with Crippen molar-refractivity contribution >= 4 is 17.9 Å². The summed E-state index contributed by atoms with van der Waals surface area (Å²) in [6, 6.07) is 0. The molecule has 0 aliphatic carbocycles. The zero-order valence-electron chi connectivity index (χ0n) is 10.0. The Labute approximate surface area is 98.4 Å². The molecule has 0 rings (SSSR count). The van der Waals surface area contributed by atoms with Crippen molar-refractivity contribution in [2.45, 2.75) is 18.4 Å². The van der Waals surface area contributed by atoms with Gasteiger partial charge in [0.25, 0.3) is 0 Å². The van der Waals surface area contributed by atoms with Gasteiger partial charge < -0.3 is 25.5 Å². The van der Waals surface area contributed by atoms with Gasteiger partial charge >= 0.3 is 17.9 Å². The van der Waals surface area contributed by atoms with Crippen LogP contribution >= 0.6 is 0 Å². The van der Waals surface area contributed by atoms with Crippen LogP contribution in [0.25, 0.3) is 0 Å². The van der Waals surface area contributed by atoms with Gasteiger partial charge in [0.05, 0.1) is 34.2 Å². The van der Waals surface area contributed by atoms with Crippen LogP contribution in [0.3, 0.4) is 0 Å². The summed E-state index contributed by atoms with van der Waals surface area (Å²) in [6.45, 7) is 0. The molecule has 8 heteroatoms. The number of esters is 3. The fourth-order valence-electron chi connectivity index (χ4n) is 1.02. The maximum atomic E-state index is 11.2.